The maximum atomic E-state index is 10.4. The zero-order valence-corrected chi connectivity index (χ0v) is 14.2. The largest absolute Gasteiger partial charge is 0.392 e. The minimum Gasteiger partial charge on any atom is -0.392 e. The molecule has 2 fully saturated rings. The topological polar surface area (TPSA) is 76.9 Å². The lowest BCUT2D eigenvalue weighted by Gasteiger charge is -2.37. The number of guanidine groups is 1. The summed E-state index contributed by atoms with van der Waals surface area (Å²) in [5.74, 6) is 0.752. The van der Waals surface area contributed by atoms with Gasteiger partial charge in [0.2, 0.25) is 0 Å². The minimum atomic E-state index is -0.579. The van der Waals surface area contributed by atoms with E-state index in [1.165, 1.54) is 6.42 Å². The van der Waals surface area contributed by atoms with Crippen molar-refractivity contribution in [2.24, 2.45) is 10.4 Å². The summed E-state index contributed by atoms with van der Waals surface area (Å²) in [5.41, 5.74) is -0.699. The van der Waals surface area contributed by atoms with Crippen molar-refractivity contribution in [2.75, 3.05) is 19.6 Å². The molecule has 2 atom stereocenters. The Morgan fingerprint density at radius 2 is 1.82 bits per heavy atom. The lowest BCUT2D eigenvalue weighted by Crippen LogP contribution is -2.47. The first-order valence-corrected chi connectivity index (χ1v) is 8.90. The summed E-state index contributed by atoms with van der Waals surface area (Å²) in [4.78, 5) is 4.67. The third-order valence-corrected chi connectivity index (χ3v) is 5.34. The minimum absolute atomic E-state index is 0.120. The molecule has 4 N–H and O–H groups in total. The molecule has 0 aromatic heterocycles. The van der Waals surface area contributed by atoms with Gasteiger partial charge in [0.1, 0.15) is 0 Å². The molecule has 0 aromatic carbocycles. The Hall–Kier alpha value is -0.810. The van der Waals surface area contributed by atoms with Crippen LogP contribution in [0, 0.1) is 5.41 Å². The Morgan fingerprint density at radius 1 is 1.14 bits per heavy atom. The zero-order valence-electron chi connectivity index (χ0n) is 14.2. The van der Waals surface area contributed by atoms with Crippen LogP contribution in [0.1, 0.15) is 65.2 Å². The standard InChI is InChI=1S/C17H33N3O2/c1-3-18-15(20-13-17(22)10-6-7-11-17)19-12-16(2)9-5-4-8-14(16)21/h14,21-22H,3-13H2,1-2H3,(H2,18,19,20). The van der Waals surface area contributed by atoms with Crippen LogP contribution >= 0.6 is 0 Å². The average Bonchev–Trinajstić information content (AvgIpc) is 2.93. The van der Waals surface area contributed by atoms with Gasteiger partial charge >= 0.3 is 0 Å². The Kier molecular flexibility index (Phi) is 6.09. The van der Waals surface area contributed by atoms with Crippen LogP contribution in [0.5, 0.6) is 0 Å². The summed E-state index contributed by atoms with van der Waals surface area (Å²) in [5, 5.41) is 27.2. The smallest absolute Gasteiger partial charge is 0.191 e. The molecule has 5 nitrogen and oxygen atoms in total. The van der Waals surface area contributed by atoms with Gasteiger partial charge in [-0.2, -0.15) is 0 Å². The third kappa shape index (κ3) is 4.59. The molecule has 2 saturated carbocycles. The number of nitrogens with one attached hydrogen (secondary N) is 2. The normalized spacial score (nSPS) is 32.0. The fraction of sp³-hybridized carbons (Fsp3) is 0.941. The number of hydrogen-bond acceptors (Lipinski definition) is 3. The molecule has 22 heavy (non-hydrogen) atoms. The monoisotopic (exact) mass is 311 g/mol. The van der Waals surface area contributed by atoms with Crippen LogP contribution in [-0.2, 0) is 0 Å². The van der Waals surface area contributed by atoms with Gasteiger partial charge in [-0.3, -0.25) is 4.99 Å². The van der Waals surface area contributed by atoms with Crippen LogP contribution in [0.25, 0.3) is 0 Å². The Bertz CT molecular complexity index is 380. The molecule has 0 aromatic rings. The fourth-order valence-electron chi connectivity index (χ4n) is 3.63. The number of rotatable bonds is 5. The predicted octanol–water partition coefficient (Wildman–Crippen LogP) is 1.79. The van der Waals surface area contributed by atoms with E-state index in [0.29, 0.717) is 13.1 Å². The van der Waals surface area contributed by atoms with Crippen LogP contribution in [0.15, 0.2) is 4.99 Å². The van der Waals surface area contributed by atoms with Crippen molar-refractivity contribution in [3.8, 4) is 0 Å². The Balaban J connectivity index is 1.91. The van der Waals surface area contributed by atoms with E-state index in [1.54, 1.807) is 0 Å². The molecule has 0 heterocycles. The molecule has 0 bridgehead atoms. The second-order valence-electron chi connectivity index (χ2n) is 7.40. The SMILES string of the molecule is CCNC(=NCC1(C)CCCCC1O)NCC1(O)CCCC1. The van der Waals surface area contributed by atoms with Crippen molar-refractivity contribution in [1.82, 2.24) is 10.6 Å². The summed E-state index contributed by atoms with van der Waals surface area (Å²) in [6.45, 7) is 6.15. The number of aliphatic hydroxyl groups is 2. The summed E-state index contributed by atoms with van der Waals surface area (Å²) >= 11 is 0. The van der Waals surface area contributed by atoms with E-state index in [4.69, 9.17) is 0 Å². The van der Waals surface area contributed by atoms with Gasteiger partial charge in [0.25, 0.3) is 0 Å². The molecule has 2 rings (SSSR count). The van der Waals surface area contributed by atoms with Gasteiger partial charge in [-0.05, 0) is 32.6 Å². The van der Waals surface area contributed by atoms with Crippen molar-refractivity contribution in [1.29, 1.82) is 0 Å². The first kappa shape index (κ1) is 17.5. The highest BCUT2D eigenvalue weighted by molar-refractivity contribution is 5.79. The van der Waals surface area contributed by atoms with Gasteiger partial charge in [-0.25, -0.2) is 0 Å². The molecule has 0 aliphatic heterocycles. The van der Waals surface area contributed by atoms with E-state index in [0.717, 1.165) is 57.5 Å². The molecule has 0 saturated heterocycles. The summed E-state index contributed by atoms with van der Waals surface area (Å²) in [6, 6.07) is 0. The Labute approximate surface area is 134 Å². The highest BCUT2D eigenvalue weighted by Crippen LogP contribution is 2.36. The lowest BCUT2D eigenvalue weighted by atomic mass is 9.73. The maximum absolute atomic E-state index is 10.4. The second-order valence-corrected chi connectivity index (χ2v) is 7.40. The molecule has 2 aliphatic rings. The predicted molar refractivity (Wildman–Crippen MR) is 90.0 cm³/mol. The third-order valence-electron chi connectivity index (χ3n) is 5.34. The van der Waals surface area contributed by atoms with Crippen LogP contribution < -0.4 is 10.6 Å². The number of nitrogens with zero attached hydrogens (tertiary/aromatic N) is 1. The van der Waals surface area contributed by atoms with E-state index in [-0.39, 0.29) is 11.5 Å². The van der Waals surface area contributed by atoms with Gasteiger partial charge in [-0.15, -0.1) is 0 Å². The molecule has 5 heteroatoms. The highest BCUT2D eigenvalue weighted by atomic mass is 16.3. The molecular formula is C17H33N3O2. The van der Waals surface area contributed by atoms with Crippen molar-refractivity contribution in [3.63, 3.8) is 0 Å². The van der Waals surface area contributed by atoms with E-state index in [1.807, 2.05) is 6.92 Å². The van der Waals surface area contributed by atoms with Crippen molar-refractivity contribution < 1.29 is 10.2 Å². The van der Waals surface area contributed by atoms with Crippen LogP contribution in [0.2, 0.25) is 0 Å². The first-order chi connectivity index (χ1) is 10.5. The quantitative estimate of drug-likeness (QED) is 0.461. The molecule has 128 valence electrons. The summed E-state index contributed by atoms with van der Waals surface area (Å²) in [6.07, 6.45) is 7.90. The van der Waals surface area contributed by atoms with Gasteiger partial charge in [0.05, 0.1) is 18.2 Å². The Morgan fingerprint density at radius 3 is 2.45 bits per heavy atom. The van der Waals surface area contributed by atoms with E-state index in [9.17, 15) is 10.2 Å². The second kappa shape index (κ2) is 7.64. The van der Waals surface area contributed by atoms with Crippen molar-refractivity contribution in [3.05, 3.63) is 0 Å². The van der Waals surface area contributed by atoms with Crippen LogP contribution in [-0.4, -0.2) is 47.5 Å². The zero-order chi connectivity index (χ0) is 16.1. The fourth-order valence-corrected chi connectivity index (χ4v) is 3.63. The molecule has 0 radical (unpaired) electrons. The first-order valence-electron chi connectivity index (χ1n) is 8.90. The average molecular weight is 311 g/mol. The molecule has 2 unspecified atom stereocenters. The molecular weight excluding hydrogens is 278 g/mol. The van der Waals surface area contributed by atoms with Gasteiger partial charge in [-0.1, -0.05) is 32.6 Å². The lowest BCUT2D eigenvalue weighted by molar-refractivity contribution is 0.00709. The highest BCUT2D eigenvalue weighted by Gasteiger charge is 2.35. The molecule has 0 spiro atoms. The van der Waals surface area contributed by atoms with Crippen molar-refractivity contribution in [2.45, 2.75) is 76.9 Å². The van der Waals surface area contributed by atoms with Crippen LogP contribution in [0.3, 0.4) is 0 Å². The maximum Gasteiger partial charge on any atom is 0.191 e. The molecule has 0 amide bonds. The van der Waals surface area contributed by atoms with Crippen LogP contribution in [0.4, 0.5) is 0 Å². The van der Waals surface area contributed by atoms with Crippen molar-refractivity contribution >= 4 is 5.96 Å². The number of hydrogen-bond donors (Lipinski definition) is 4. The van der Waals surface area contributed by atoms with Gasteiger partial charge < -0.3 is 20.8 Å². The van der Waals surface area contributed by atoms with E-state index < -0.39 is 5.60 Å². The van der Waals surface area contributed by atoms with Gasteiger partial charge in [0, 0.05) is 18.5 Å². The summed E-state index contributed by atoms with van der Waals surface area (Å²) in [7, 11) is 0. The number of aliphatic hydroxyl groups excluding tert-OH is 1. The molecule has 2 aliphatic carbocycles. The number of aliphatic imine (C=N–C) groups is 1. The van der Waals surface area contributed by atoms with E-state index >= 15 is 0 Å². The van der Waals surface area contributed by atoms with Gasteiger partial charge in [0.15, 0.2) is 5.96 Å². The van der Waals surface area contributed by atoms with E-state index in [2.05, 4.69) is 22.5 Å². The summed E-state index contributed by atoms with van der Waals surface area (Å²) < 4.78 is 0.